The third-order valence-electron chi connectivity index (χ3n) is 2.92. The highest BCUT2D eigenvalue weighted by Gasteiger charge is 2.15. The quantitative estimate of drug-likeness (QED) is 0.510. The zero-order chi connectivity index (χ0) is 16.7. The van der Waals surface area contributed by atoms with Crippen molar-refractivity contribution in [2.24, 2.45) is 5.73 Å². The Morgan fingerprint density at radius 2 is 2.14 bits per heavy atom. The van der Waals surface area contributed by atoms with Crippen LogP contribution in [-0.4, -0.2) is 40.6 Å². The summed E-state index contributed by atoms with van der Waals surface area (Å²) in [6.07, 6.45) is 1.59. The van der Waals surface area contributed by atoms with Crippen LogP contribution in [-0.2, 0) is 20.9 Å². The molecule has 0 aromatic carbocycles. The number of aromatic amines is 1. The smallest absolute Gasteiger partial charge is 0.328 e. The maximum Gasteiger partial charge on any atom is 0.328 e. The number of carbonyl (C=O) groups is 2. The number of aromatic nitrogens is 2. The van der Waals surface area contributed by atoms with Crippen LogP contribution in [0.5, 0.6) is 0 Å². The van der Waals surface area contributed by atoms with Gasteiger partial charge in [0, 0.05) is 18.3 Å². The molecule has 1 rings (SSSR count). The zero-order valence-electron chi connectivity index (χ0n) is 12.5. The van der Waals surface area contributed by atoms with Gasteiger partial charge in [-0.05, 0) is 20.3 Å². The lowest BCUT2D eigenvalue weighted by molar-refractivity contribution is -0.143. The first-order valence-corrected chi connectivity index (χ1v) is 6.84. The molecule has 1 atom stereocenters. The van der Waals surface area contributed by atoms with Crippen LogP contribution in [0.25, 0.3) is 0 Å². The predicted octanol–water partition coefficient (Wildman–Crippen LogP) is -1.76. The van der Waals surface area contributed by atoms with Crippen LogP contribution in [0, 0.1) is 6.92 Å². The molecular weight excluding hydrogens is 292 g/mol. The van der Waals surface area contributed by atoms with E-state index in [0.29, 0.717) is 5.56 Å². The number of hydrogen-bond acceptors (Lipinski definition) is 6. The number of H-pyrrole nitrogens is 1. The molecule has 1 amide bonds. The summed E-state index contributed by atoms with van der Waals surface area (Å²) in [5, 5.41) is 2.35. The number of nitrogens with one attached hydrogen (secondary N) is 2. The highest BCUT2D eigenvalue weighted by Crippen LogP contribution is 1.93. The van der Waals surface area contributed by atoms with Crippen LogP contribution >= 0.6 is 0 Å². The molecule has 22 heavy (non-hydrogen) atoms. The summed E-state index contributed by atoms with van der Waals surface area (Å²) in [4.78, 5) is 47.8. The highest BCUT2D eigenvalue weighted by molar-refractivity contribution is 5.85. The van der Waals surface area contributed by atoms with Gasteiger partial charge in [-0.25, -0.2) is 4.79 Å². The summed E-state index contributed by atoms with van der Waals surface area (Å²) in [5.41, 5.74) is 5.07. The third-order valence-corrected chi connectivity index (χ3v) is 2.92. The minimum absolute atomic E-state index is 0.171. The Kier molecular flexibility index (Phi) is 6.51. The normalized spacial score (nSPS) is 11.8. The SMILES string of the molecule is CCOC(=O)CNC(=O)[C@@H](N)CCn1cc(C)c(=O)[nH]c1=O. The standard InChI is InChI=1S/C13H20N4O5/c1-3-22-10(18)6-15-12(20)9(14)4-5-17-7-8(2)11(19)16-13(17)21/h7,9H,3-6,14H2,1-2H3,(H,15,20)(H,16,19,21)/t9-/m0/s1. The van der Waals surface area contributed by atoms with E-state index in [9.17, 15) is 19.2 Å². The van der Waals surface area contributed by atoms with E-state index >= 15 is 0 Å². The number of amides is 1. The fourth-order valence-electron chi connectivity index (χ4n) is 1.70. The van der Waals surface area contributed by atoms with Gasteiger partial charge in [-0.15, -0.1) is 0 Å². The van der Waals surface area contributed by atoms with Crippen molar-refractivity contribution >= 4 is 11.9 Å². The van der Waals surface area contributed by atoms with E-state index in [1.807, 2.05) is 0 Å². The van der Waals surface area contributed by atoms with Crippen LogP contribution in [0.1, 0.15) is 18.9 Å². The zero-order valence-corrected chi connectivity index (χ0v) is 12.5. The molecule has 9 heteroatoms. The molecule has 0 aliphatic heterocycles. The van der Waals surface area contributed by atoms with Crippen molar-refractivity contribution in [3.8, 4) is 0 Å². The Morgan fingerprint density at radius 1 is 1.45 bits per heavy atom. The molecule has 0 unspecified atom stereocenters. The first-order valence-electron chi connectivity index (χ1n) is 6.84. The van der Waals surface area contributed by atoms with Gasteiger partial charge < -0.3 is 20.4 Å². The lowest BCUT2D eigenvalue weighted by Gasteiger charge is -2.13. The summed E-state index contributed by atoms with van der Waals surface area (Å²) in [5.74, 6) is -1.06. The van der Waals surface area contributed by atoms with Gasteiger partial charge in [-0.1, -0.05) is 0 Å². The van der Waals surface area contributed by atoms with E-state index < -0.39 is 29.2 Å². The van der Waals surface area contributed by atoms with Crippen molar-refractivity contribution in [2.75, 3.05) is 13.2 Å². The number of nitrogens with zero attached hydrogens (tertiary/aromatic N) is 1. The molecule has 0 aliphatic rings. The minimum Gasteiger partial charge on any atom is -0.465 e. The van der Waals surface area contributed by atoms with Gasteiger partial charge in [0.05, 0.1) is 12.6 Å². The van der Waals surface area contributed by atoms with Gasteiger partial charge >= 0.3 is 11.7 Å². The first kappa shape index (κ1) is 17.6. The Hall–Kier alpha value is -2.42. The number of ether oxygens (including phenoxy) is 1. The number of esters is 1. The molecule has 0 saturated heterocycles. The lowest BCUT2D eigenvalue weighted by Crippen LogP contribution is -2.44. The van der Waals surface area contributed by atoms with E-state index in [4.69, 9.17) is 5.73 Å². The van der Waals surface area contributed by atoms with Crippen LogP contribution < -0.4 is 22.3 Å². The summed E-state index contributed by atoms with van der Waals surface area (Å²) >= 11 is 0. The average molecular weight is 312 g/mol. The van der Waals surface area contributed by atoms with Crippen molar-refractivity contribution in [3.05, 3.63) is 32.6 Å². The summed E-state index contributed by atoms with van der Waals surface area (Å²) in [7, 11) is 0. The number of nitrogens with two attached hydrogens (primary N) is 1. The van der Waals surface area contributed by atoms with E-state index in [0.717, 1.165) is 0 Å². The molecule has 9 nitrogen and oxygen atoms in total. The van der Waals surface area contributed by atoms with Crippen molar-refractivity contribution in [1.29, 1.82) is 0 Å². The maximum atomic E-state index is 11.7. The van der Waals surface area contributed by atoms with Crippen LogP contribution in [0.15, 0.2) is 15.8 Å². The Morgan fingerprint density at radius 3 is 2.77 bits per heavy atom. The van der Waals surface area contributed by atoms with Gasteiger partial charge in [-0.3, -0.25) is 19.4 Å². The molecule has 0 radical (unpaired) electrons. The van der Waals surface area contributed by atoms with Gasteiger partial charge in [0.2, 0.25) is 5.91 Å². The van der Waals surface area contributed by atoms with Gasteiger partial charge in [0.15, 0.2) is 0 Å². The predicted molar refractivity (Wildman–Crippen MR) is 78.3 cm³/mol. The molecule has 0 saturated carbocycles. The van der Waals surface area contributed by atoms with E-state index in [1.54, 1.807) is 13.8 Å². The molecule has 4 N–H and O–H groups in total. The van der Waals surface area contributed by atoms with Crippen molar-refractivity contribution in [3.63, 3.8) is 0 Å². The minimum atomic E-state index is -0.881. The largest absolute Gasteiger partial charge is 0.465 e. The molecule has 0 bridgehead atoms. The third kappa shape index (κ3) is 5.17. The fraction of sp³-hybridized carbons (Fsp3) is 0.538. The second-order valence-electron chi connectivity index (χ2n) is 4.68. The second-order valence-corrected chi connectivity index (χ2v) is 4.68. The number of rotatable bonds is 7. The molecule has 0 aliphatic carbocycles. The topological polar surface area (TPSA) is 136 Å². The molecule has 1 aromatic heterocycles. The second kappa shape index (κ2) is 8.13. The van der Waals surface area contributed by atoms with E-state index in [2.05, 4.69) is 15.0 Å². The highest BCUT2D eigenvalue weighted by atomic mass is 16.5. The fourth-order valence-corrected chi connectivity index (χ4v) is 1.70. The number of aryl methyl sites for hydroxylation is 2. The van der Waals surface area contributed by atoms with Crippen molar-refractivity contribution in [1.82, 2.24) is 14.9 Å². The van der Waals surface area contributed by atoms with Crippen LogP contribution in [0.3, 0.4) is 0 Å². The van der Waals surface area contributed by atoms with Crippen LogP contribution in [0.2, 0.25) is 0 Å². The van der Waals surface area contributed by atoms with Gasteiger partial charge in [0.1, 0.15) is 6.54 Å². The molecule has 122 valence electrons. The molecule has 1 aromatic rings. The van der Waals surface area contributed by atoms with E-state index in [-0.39, 0.29) is 26.1 Å². The summed E-state index contributed by atoms with van der Waals surface area (Å²) < 4.78 is 5.94. The van der Waals surface area contributed by atoms with Gasteiger partial charge in [-0.2, -0.15) is 0 Å². The van der Waals surface area contributed by atoms with Crippen molar-refractivity contribution < 1.29 is 14.3 Å². The lowest BCUT2D eigenvalue weighted by atomic mass is 10.2. The average Bonchev–Trinajstić information content (AvgIpc) is 2.47. The first-order chi connectivity index (χ1) is 10.3. The Bertz CT molecular complexity index is 649. The van der Waals surface area contributed by atoms with Gasteiger partial charge in [0.25, 0.3) is 5.56 Å². The number of carbonyl (C=O) groups excluding carboxylic acids is 2. The number of hydrogen-bond donors (Lipinski definition) is 3. The summed E-state index contributed by atoms with van der Waals surface area (Å²) in [6.45, 7) is 3.38. The van der Waals surface area contributed by atoms with Crippen LogP contribution in [0.4, 0.5) is 0 Å². The van der Waals surface area contributed by atoms with E-state index in [1.165, 1.54) is 10.8 Å². The van der Waals surface area contributed by atoms with Crippen molar-refractivity contribution in [2.45, 2.75) is 32.9 Å². The molecule has 0 spiro atoms. The Balaban J connectivity index is 2.52. The molecule has 0 fully saturated rings. The maximum absolute atomic E-state index is 11.7. The Labute approximate surface area is 126 Å². The monoisotopic (exact) mass is 312 g/mol. The summed E-state index contributed by atoms with van der Waals surface area (Å²) in [6, 6.07) is -0.881. The molecular formula is C13H20N4O5. The molecule has 1 heterocycles.